The van der Waals surface area contributed by atoms with Gasteiger partial charge in [0.1, 0.15) is 5.76 Å². The summed E-state index contributed by atoms with van der Waals surface area (Å²) in [5, 5.41) is 0. The number of nitrogens with two attached hydrogens (primary N) is 1. The Morgan fingerprint density at radius 3 is 2.87 bits per heavy atom. The molecular formula is C12H13NOS. The Morgan fingerprint density at radius 2 is 2.20 bits per heavy atom. The van der Waals surface area contributed by atoms with Gasteiger partial charge < -0.3 is 10.2 Å². The number of hydrogen-bond donors (Lipinski definition) is 1. The second-order valence-electron chi connectivity index (χ2n) is 3.39. The fraction of sp³-hybridized carbons (Fsp3) is 0.167. The van der Waals surface area contributed by atoms with E-state index in [4.69, 9.17) is 10.2 Å². The number of furan rings is 1. The Morgan fingerprint density at radius 1 is 1.33 bits per heavy atom. The fourth-order valence-corrected chi connectivity index (χ4v) is 2.29. The summed E-state index contributed by atoms with van der Waals surface area (Å²) in [6, 6.07) is 9.87. The topological polar surface area (TPSA) is 39.2 Å². The fourth-order valence-electron chi connectivity index (χ4n) is 1.38. The molecule has 2 aromatic rings. The number of rotatable bonds is 3. The largest absolute Gasteiger partial charge is 0.468 e. The molecule has 15 heavy (non-hydrogen) atoms. The summed E-state index contributed by atoms with van der Waals surface area (Å²) in [5.74, 6) is 1.86. The Hall–Kier alpha value is -1.35. The van der Waals surface area contributed by atoms with Crippen LogP contribution in [0.5, 0.6) is 0 Å². The second kappa shape index (κ2) is 4.45. The Kier molecular flexibility index (Phi) is 3.02. The molecule has 0 aliphatic rings. The quantitative estimate of drug-likeness (QED) is 0.634. The van der Waals surface area contributed by atoms with Crippen molar-refractivity contribution in [1.29, 1.82) is 0 Å². The van der Waals surface area contributed by atoms with Gasteiger partial charge >= 0.3 is 0 Å². The highest BCUT2D eigenvalue weighted by Gasteiger charge is 2.01. The van der Waals surface area contributed by atoms with E-state index in [0.29, 0.717) is 0 Å². The molecule has 2 nitrogen and oxygen atoms in total. The van der Waals surface area contributed by atoms with Crippen LogP contribution in [0.2, 0.25) is 0 Å². The summed E-state index contributed by atoms with van der Waals surface area (Å²) in [7, 11) is 0. The molecule has 1 aromatic carbocycles. The zero-order valence-electron chi connectivity index (χ0n) is 8.57. The maximum Gasteiger partial charge on any atom is 0.113 e. The van der Waals surface area contributed by atoms with Crippen LogP contribution in [0, 0.1) is 6.92 Å². The van der Waals surface area contributed by atoms with Gasteiger partial charge in [0, 0.05) is 10.6 Å². The van der Waals surface area contributed by atoms with Crippen LogP contribution in [0.1, 0.15) is 11.3 Å². The molecule has 0 aliphatic carbocycles. The zero-order valence-corrected chi connectivity index (χ0v) is 9.38. The summed E-state index contributed by atoms with van der Waals surface area (Å²) in [4.78, 5) is 1.25. The van der Waals surface area contributed by atoms with Gasteiger partial charge in [0.25, 0.3) is 0 Å². The molecule has 0 saturated carbocycles. The minimum atomic E-state index is 0.815. The first-order valence-corrected chi connectivity index (χ1v) is 5.75. The van der Waals surface area contributed by atoms with E-state index in [1.165, 1.54) is 10.5 Å². The molecule has 0 unspecified atom stereocenters. The monoisotopic (exact) mass is 219 g/mol. The van der Waals surface area contributed by atoms with E-state index in [-0.39, 0.29) is 0 Å². The SMILES string of the molecule is Cc1cc(N)ccc1SCc1ccco1. The number of hydrogen-bond acceptors (Lipinski definition) is 3. The molecule has 3 heteroatoms. The van der Waals surface area contributed by atoms with E-state index in [1.54, 1.807) is 18.0 Å². The molecular weight excluding hydrogens is 206 g/mol. The van der Waals surface area contributed by atoms with Gasteiger partial charge in [-0.3, -0.25) is 0 Å². The number of benzene rings is 1. The van der Waals surface area contributed by atoms with E-state index in [1.807, 2.05) is 24.3 Å². The van der Waals surface area contributed by atoms with Crippen molar-refractivity contribution < 1.29 is 4.42 Å². The van der Waals surface area contributed by atoms with Crippen LogP contribution in [-0.2, 0) is 5.75 Å². The van der Waals surface area contributed by atoms with Crippen LogP contribution in [0.15, 0.2) is 45.9 Å². The summed E-state index contributed by atoms with van der Waals surface area (Å²) in [6.07, 6.45) is 1.70. The van der Waals surface area contributed by atoms with Gasteiger partial charge in [-0.25, -0.2) is 0 Å². The van der Waals surface area contributed by atoms with Crippen LogP contribution in [-0.4, -0.2) is 0 Å². The van der Waals surface area contributed by atoms with Crippen molar-refractivity contribution in [3.63, 3.8) is 0 Å². The summed E-state index contributed by atoms with van der Waals surface area (Å²) >= 11 is 1.76. The lowest BCUT2D eigenvalue weighted by molar-refractivity contribution is 0.530. The first kappa shape index (κ1) is 10.2. The van der Waals surface area contributed by atoms with Crippen molar-refractivity contribution in [2.24, 2.45) is 0 Å². The molecule has 0 radical (unpaired) electrons. The molecule has 2 rings (SSSR count). The summed E-state index contributed by atoms with van der Waals surface area (Å²) in [5.41, 5.74) is 7.72. The lowest BCUT2D eigenvalue weighted by atomic mass is 10.2. The van der Waals surface area contributed by atoms with Crippen molar-refractivity contribution in [2.45, 2.75) is 17.6 Å². The molecule has 0 aliphatic heterocycles. The third-order valence-electron chi connectivity index (χ3n) is 2.15. The molecule has 1 heterocycles. The molecule has 0 spiro atoms. The highest BCUT2D eigenvalue weighted by Crippen LogP contribution is 2.27. The molecule has 0 atom stereocenters. The van der Waals surface area contributed by atoms with Gasteiger partial charge in [-0.2, -0.15) is 0 Å². The van der Waals surface area contributed by atoms with Gasteiger partial charge in [-0.05, 0) is 42.8 Å². The molecule has 0 saturated heterocycles. The van der Waals surface area contributed by atoms with Crippen LogP contribution in [0.3, 0.4) is 0 Å². The van der Waals surface area contributed by atoms with Crippen LogP contribution >= 0.6 is 11.8 Å². The van der Waals surface area contributed by atoms with Gasteiger partial charge in [0.15, 0.2) is 0 Å². The van der Waals surface area contributed by atoms with Crippen molar-refractivity contribution >= 4 is 17.4 Å². The third-order valence-corrected chi connectivity index (χ3v) is 3.35. The minimum Gasteiger partial charge on any atom is -0.468 e. The predicted octanol–water partition coefficient (Wildman–Crippen LogP) is 3.46. The third kappa shape index (κ3) is 2.57. The lowest BCUT2D eigenvalue weighted by Gasteiger charge is -2.04. The van der Waals surface area contributed by atoms with Crippen molar-refractivity contribution in [2.75, 3.05) is 5.73 Å². The highest BCUT2D eigenvalue weighted by molar-refractivity contribution is 7.98. The molecule has 2 N–H and O–H groups in total. The van der Waals surface area contributed by atoms with Crippen LogP contribution < -0.4 is 5.73 Å². The molecule has 0 bridgehead atoms. The summed E-state index contributed by atoms with van der Waals surface area (Å²) < 4.78 is 5.27. The molecule has 1 aromatic heterocycles. The molecule has 78 valence electrons. The highest BCUT2D eigenvalue weighted by atomic mass is 32.2. The molecule has 0 fully saturated rings. The van der Waals surface area contributed by atoms with Crippen LogP contribution in [0.25, 0.3) is 0 Å². The zero-order chi connectivity index (χ0) is 10.7. The lowest BCUT2D eigenvalue weighted by Crippen LogP contribution is -1.87. The van der Waals surface area contributed by atoms with Crippen molar-refractivity contribution in [1.82, 2.24) is 0 Å². The predicted molar refractivity (Wildman–Crippen MR) is 63.9 cm³/mol. The number of aryl methyl sites for hydroxylation is 1. The molecule has 0 amide bonds. The Labute approximate surface area is 93.5 Å². The van der Waals surface area contributed by atoms with E-state index < -0.39 is 0 Å². The maximum atomic E-state index is 5.69. The average Bonchev–Trinajstić information content (AvgIpc) is 2.69. The van der Waals surface area contributed by atoms with E-state index in [2.05, 4.69) is 13.0 Å². The van der Waals surface area contributed by atoms with E-state index in [9.17, 15) is 0 Å². The number of anilines is 1. The Balaban J connectivity index is 2.05. The van der Waals surface area contributed by atoms with Gasteiger partial charge in [-0.1, -0.05) is 0 Å². The first-order valence-electron chi connectivity index (χ1n) is 4.77. The minimum absolute atomic E-state index is 0.815. The average molecular weight is 219 g/mol. The first-order chi connectivity index (χ1) is 7.25. The van der Waals surface area contributed by atoms with Gasteiger partial charge in [0.05, 0.1) is 12.0 Å². The standard InChI is InChI=1S/C12H13NOS/c1-9-7-10(13)4-5-12(9)15-8-11-3-2-6-14-11/h2-7H,8,13H2,1H3. The van der Waals surface area contributed by atoms with Crippen molar-refractivity contribution in [3.05, 3.63) is 47.9 Å². The van der Waals surface area contributed by atoms with Crippen LogP contribution in [0.4, 0.5) is 5.69 Å². The van der Waals surface area contributed by atoms with E-state index >= 15 is 0 Å². The number of nitrogen functional groups attached to an aromatic ring is 1. The Bertz CT molecular complexity index is 437. The smallest absolute Gasteiger partial charge is 0.113 e. The normalized spacial score (nSPS) is 10.5. The van der Waals surface area contributed by atoms with Gasteiger partial charge in [0.2, 0.25) is 0 Å². The van der Waals surface area contributed by atoms with Gasteiger partial charge in [-0.15, -0.1) is 11.8 Å². The van der Waals surface area contributed by atoms with E-state index in [0.717, 1.165) is 17.2 Å². The number of thioether (sulfide) groups is 1. The summed E-state index contributed by atoms with van der Waals surface area (Å²) in [6.45, 7) is 2.07. The maximum absolute atomic E-state index is 5.69. The second-order valence-corrected chi connectivity index (χ2v) is 4.41. The van der Waals surface area contributed by atoms with Crippen molar-refractivity contribution in [3.8, 4) is 0 Å².